The fourth-order valence-electron chi connectivity index (χ4n) is 2.71. The topological polar surface area (TPSA) is 75.5 Å². The van der Waals surface area contributed by atoms with Crippen LogP contribution in [0.25, 0.3) is 0 Å². The average Bonchev–Trinajstić information content (AvgIpc) is 3.04. The lowest BCUT2D eigenvalue weighted by Crippen LogP contribution is -2.32. The quantitative estimate of drug-likeness (QED) is 0.339. The lowest BCUT2D eigenvalue weighted by molar-refractivity contribution is -0.0728. The van der Waals surface area contributed by atoms with Crippen LogP contribution in [0, 0.1) is 0 Å². The molecule has 31 heavy (non-hydrogen) atoms. The van der Waals surface area contributed by atoms with Crippen molar-refractivity contribution in [2.24, 2.45) is 0 Å². The number of aromatic nitrogens is 3. The predicted octanol–water partition coefficient (Wildman–Crippen LogP) is 5.00. The molecule has 1 radical (unpaired) electrons. The number of aryl methyl sites for hydroxylation is 1. The molecule has 0 fully saturated rings. The minimum absolute atomic E-state index is 0.000509. The van der Waals surface area contributed by atoms with Crippen molar-refractivity contribution >= 4 is 13.1 Å². The Morgan fingerprint density at radius 1 is 0.935 bits per heavy atom. The van der Waals surface area contributed by atoms with Crippen LogP contribution in [0.1, 0.15) is 87.8 Å². The molecule has 0 N–H and O–H groups in total. The summed E-state index contributed by atoms with van der Waals surface area (Å²) in [5.41, 5.74) is -0.0740. The van der Waals surface area contributed by atoms with Gasteiger partial charge in [0.1, 0.15) is 5.60 Å². The smallest absolute Gasteiger partial charge is 0.263 e. The number of nitrogens with zero attached hydrogens (tertiary/aromatic N) is 3. The zero-order chi connectivity index (χ0) is 23.9. The number of ether oxygens (including phenoxy) is 3. The molecule has 0 amide bonds. The van der Waals surface area contributed by atoms with Gasteiger partial charge in [-0.2, -0.15) is 0 Å². The van der Waals surface area contributed by atoms with Crippen LogP contribution in [0.3, 0.4) is 0 Å². The molecule has 177 valence electrons. The summed E-state index contributed by atoms with van der Waals surface area (Å²) in [5.74, 6) is -0.305. The number of hydrogen-bond donors (Lipinski definition) is 0. The van der Waals surface area contributed by atoms with Crippen LogP contribution in [0.4, 0.5) is 4.79 Å². The zero-order valence-corrected chi connectivity index (χ0v) is 21.4. The molecule has 1 aromatic rings. The molecular weight excluding hydrogens is 393 g/mol. The van der Waals surface area contributed by atoms with Gasteiger partial charge in [0.05, 0.1) is 23.5 Å². The second-order valence-corrected chi connectivity index (χ2v) is 11.4. The first-order chi connectivity index (χ1) is 14.0. The molecule has 0 saturated carbocycles. The third-order valence-corrected chi connectivity index (χ3v) is 4.78. The SMILES string of the molecule is CC(C)(C)OC(=O)[B]CCOC(C)(C)CCOC(C)(C)CCn1cc(C(C)(C)C)nn1. The van der Waals surface area contributed by atoms with Gasteiger partial charge in [-0.05, 0) is 67.6 Å². The zero-order valence-electron chi connectivity index (χ0n) is 21.4. The van der Waals surface area contributed by atoms with Gasteiger partial charge in [0.2, 0.25) is 5.87 Å². The maximum atomic E-state index is 11.7. The lowest BCUT2D eigenvalue weighted by Gasteiger charge is -2.30. The molecule has 0 bridgehead atoms. The van der Waals surface area contributed by atoms with Gasteiger partial charge in [-0.25, -0.2) is 0 Å². The second-order valence-electron chi connectivity index (χ2n) is 11.4. The molecule has 7 nitrogen and oxygen atoms in total. The predicted molar refractivity (Wildman–Crippen MR) is 125 cm³/mol. The van der Waals surface area contributed by atoms with Gasteiger partial charge in [0.25, 0.3) is 7.28 Å². The fourth-order valence-corrected chi connectivity index (χ4v) is 2.71. The van der Waals surface area contributed by atoms with E-state index in [1.165, 1.54) is 7.28 Å². The summed E-state index contributed by atoms with van der Waals surface area (Å²) in [6.45, 7) is 22.1. The van der Waals surface area contributed by atoms with Crippen LogP contribution in [0.5, 0.6) is 0 Å². The summed E-state index contributed by atoms with van der Waals surface area (Å²) in [6.07, 6.45) is 4.15. The van der Waals surface area contributed by atoms with Crippen LogP contribution in [0.15, 0.2) is 6.20 Å². The van der Waals surface area contributed by atoms with Gasteiger partial charge < -0.3 is 14.2 Å². The van der Waals surface area contributed by atoms with Crippen LogP contribution in [0.2, 0.25) is 6.32 Å². The number of carbonyl (C=O) groups is 1. The van der Waals surface area contributed by atoms with E-state index in [1.807, 2.05) is 45.5 Å². The van der Waals surface area contributed by atoms with E-state index >= 15 is 0 Å². The molecule has 0 aliphatic heterocycles. The van der Waals surface area contributed by atoms with Crippen LogP contribution in [-0.2, 0) is 26.2 Å². The van der Waals surface area contributed by atoms with Crippen molar-refractivity contribution in [3.8, 4) is 0 Å². The standard InChI is InChI=1S/C23H43BN3O4/c1-20(2,3)18-17-27(26-25-18)14-11-22(7,8)29-15-12-23(9,10)30-16-13-24-19(28)31-21(4,5)6/h17H,11-16H2,1-10H3. The monoisotopic (exact) mass is 436 g/mol. The van der Waals surface area contributed by atoms with E-state index < -0.39 is 5.60 Å². The molecular formula is C23H43BN3O4. The highest BCUT2D eigenvalue weighted by molar-refractivity contribution is 6.72. The van der Waals surface area contributed by atoms with Crippen molar-refractivity contribution in [1.29, 1.82) is 0 Å². The van der Waals surface area contributed by atoms with E-state index in [2.05, 4.69) is 44.9 Å². The van der Waals surface area contributed by atoms with Crippen molar-refractivity contribution in [3.05, 3.63) is 11.9 Å². The Balaban J connectivity index is 2.30. The Labute approximate surface area is 189 Å². The van der Waals surface area contributed by atoms with Crippen LogP contribution in [-0.4, -0.2) is 58.2 Å². The Hall–Kier alpha value is -1.41. The maximum Gasteiger partial charge on any atom is 0.263 e. The normalized spacial score (nSPS) is 13.4. The maximum absolute atomic E-state index is 11.7. The summed E-state index contributed by atoms with van der Waals surface area (Å²) in [6, 6.07) is 0. The fraction of sp³-hybridized carbons (Fsp3) is 0.870. The first kappa shape index (κ1) is 27.6. The van der Waals surface area contributed by atoms with Gasteiger partial charge in [-0.15, -0.1) is 5.10 Å². The molecule has 8 heteroatoms. The molecule has 0 aliphatic rings. The molecule has 1 rings (SSSR count). The van der Waals surface area contributed by atoms with Crippen molar-refractivity contribution in [3.63, 3.8) is 0 Å². The molecule has 0 atom stereocenters. The first-order valence-electron chi connectivity index (χ1n) is 11.2. The van der Waals surface area contributed by atoms with Crippen LogP contribution < -0.4 is 0 Å². The Bertz CT molecular complexity index is 688. The molecule has 0 saturated heterocycles. The van der Waals surface area contributed by atoms with Gasteiger partial charge in [-0.1, -0.05) is 26.0 Å². The largest absolute Gasteiger partial charge is 0.468 e. The van der Waals surface area contributed by atoms with Crippen molar-refractivity contribution in [2.45, 2.75) is 117 Å². The third-order valence-electron chi connectivity index (χ3n) is 4.78. The van der Waals surface area contributed by atoms with Gasteiger partial charge >= 0.3 is 0 Å². The van der Waals surface area contributed by atoms with Gasteiger partial charge in [0.15, 0.2) is 0 Å². The third kappa shape index (κ3) is 12.3. The minimum Gasteiger partial charge on any atom is -0.468 e. The number of hydrogen-bond acceptors (Lipinski definition) is 6. The highest BCUT2D eigenvalue weighted by Gasteiger charge is 2.24. The Morgan fingerprint density at radius 2 is 1.52 bits per heavy atom. The summed E-state index contributed by atoms with van der Waals surface area (Å²) in [4.78, 5) is 11.7. The van der Waals surface area contributed by atoms with E-state index in [-0.39, 0.29) is 22.5 Å². The van der Waals surface area contributed by atoms with Gasteiger partial charge in [-0.3, -0.25) is 9.48 Å². The number of carbonyl (C=O) groups excluding carboxylic acids is 1. The molecule has 0 aliphatic carbocycles. The first-order valence-corrected chi connectivity index (χ1v) is 11.2. The average molecular weight is 436 g/mol. The molecule has 0 aromatic carbocycles. The van der Waals surface area contributed by atoms with E-state index in [0.29, 0.717) is 19.5 Å². The molecule has 0 unspecified atom stereocenters. The van der Waals surface area contributed by atoms with Crippen molar-refractivity contribution in [1.82, 2.24) is 15.0 Å². The highest BCUT2D eigenvalue weighted by atomic mass is 16.5. The van der Waals surface area contributed by atoms with E-state index in [4.69, 9.17) is 14.2 Å². The van der Waals surface area contributed by atoms with Crippen molar-refractivity contribution < 1.29 is 19.0 Å². The number of rotatable bonds is 12. The Morgan fingerprint density at radius 3 is 2.06 bits per heavy atom. The molecule has 1 heterocycles. The van der Waals surface area contributed by atoms with E-state index in [1.54, 1.807) is 0 Å². The molecule has 0 spiro atoms. The molecule has 1 aromatic heterocycles. The highest BCUT2D eigenvalue weighted by Crippen LogP contribution is 2.22. The van der Waals surface area contributed by atoms with E-state index in [9.17, 15) is 4.79 Å². The minimum atomic E-state index is -0.472. The Kier molecular flexibility index (Phi) is 9.76. The summed E-state index contributed by atoms with van der Waals surface area (Å²) in [5, 5.41) is 8.50. The summed E-state index contributed by atoms with van der Waals surface area (Å²) in [7, 11) is 1.54. The second kappa shape index (κ2) is 10.9. The van der Waals surface area contributed by atoms with Gasteiger partial charge in [0, 0.05) is 24.8 Å². The summed E-state index contributed by atoms with van der Waals surface area (Å²) < 4.78 is 19.2. The van der Waals surface area contributed by atoms with E-state index in [0.717, 1.165) is 25.1 Å². The lowest BCUT2D eigenvalue weighted by atomic mass is 9.75. The van der Waals surface area contributed by atoms with Crippen LogP contribution >= 0.6 is 0 Å². The van der Waals surface area contributed by atoms with Crippen molar-refractivity contribution in [2.75, 3.05) is 13.2 Å². The summed E-state index contributed by atoms with van der Waals surface area (Å²) >= 11 is 0.